The van der Waals surface area contributed by atoms with Gasteiger partial charge in [-0.05, 0) is 55.8 Å². The second-order valence-corrected chi connectivity index (χ2v) is 5.95. The van der Waals surface area contributed by atoms with Crippen LogP contribution in [0.5, 0.6) is 0 Å². The number of aryl methyl sites for hydroxylation is 2. The van der Waals surface area contributed by atoms with Gasteiger partial charge in [0.25, 0.3) is 0 Å². The number of benzene rings is 1. The Hall–Kier alpha value is -1.35. The molecule has 0 atom stereocenters. The van der Waals surface area contributed by atoms with Crippen molar-refractivity contribution in [1.82, 2.24) is 10.6 Å². The third-order valence-corrected chi connectivity index (χ3v) is 4.47. The Morgan fingerprint density at radius 2 is 2.05 bits per heavy atom. The fourth-order valence-electron chi connectivity index (χ4n) is 3.08. The van der Waals surface area contributed by atoms with E-state index in [4.69, 9.17) is 0 Å². The third-order valence-electron chi connectivity index (χ3n) is 4.47. The van der Waals surface area contributed by atoms with Crippen LogP contribution in [-0.2, 0) is 24.2 Å². The van der Waals surface area contributed by atoms with Crippen molar-refractivity contribution in [3.8, 4) is 0 Å². The maximum atomic E-state index is 12.2. The Morgan fingerprint density at radius 3 is 2.79 bits per heavy atom. The number of hydrogen-bond donors (Lipinski definition) is 2. The Morgan fingerprint density at radius 1 is 1.26 bits per heavy atom. The molecule has 2 aliphatic carbocycles. The minimum absolute atomic E-state index is 0.120. The van der Waals surface area contributed by atoms with Gasteiger partial charge in [-0.1, -0.05) is 18.2 Å². The van der Waals surface area contributed by atoms with Gasteiger partial charge in [0.05, 0.1) is 5.41 Å². The average molecular weight is 258 g/mol. The van der Waals surface area contributed by atoms with E-state index in [1.807, 2.05) is 7.05 Å². The number of hydrogen-bond acceptors (Lipinski definition) is 2. The zero-order chi connectivity index (χ0) is 13.3. The lowest BCUT2D eigenvalue weighted by atomic mass is 10.0. The molecule has 0 aromatic heterocycles. The summed E-state index contributed by atoms with van der Waals surface area (Å²) in [5.41, 5.74) is 4.08. The molecule has 0 spiro atoms. The molecule has 0 heterocycles. The summed E-state index contributed by atoms with van der Waals surface area (Å²) in [4.78, 5) is 12.2. The topological polar surface area (TPSA) is 41.1 Å². The zero-order valence-corrected chi connectivity index (χ0v) is 11.6. The summed E-state index contributed by atoms with van der Waals surface area (Å²) >= 11 is 0. The van der Waals surface area contributed by atoms with Crippen LogP contribution in [0, 0.1) is 5.41 Å². The van der Waals surface area contributed by atoms with Gasteiger partial charge in [-0.15, -0.1) is 0 Å². The van der Waals surface area contributed by atoms with Crippen LogP contribution in [0.4, 0.5) is 0 Å². The Bertz CT molecular complexity index is 492. The summed E-state index contributed by atoms with van der Waals surface area (Å²) in [5.74, 6) is 0.211. The van der Waals surface area contributed by atoms with Crippen LogP contribution in [0.1, 0.15) is 36.0 Å². The second-order valence-electron chi connectivity index (χ2n) is 5.95. The predicted octanol–water partition coefficient (Wildman–Crippen LogP) is 1.79. The summed E-state index contributed by atoms with van der Waals surface area (Å²) in [5, 5.41) is 6.22. The van der Waals surface area contributed by atoms with Crippen LogP contribution in [0.3, 0.4) is 0 Å². The largest absolute Gasteiger partial charge is 0.352 e. The van der Waals surface area contributed by atoms with Crippen LogP contribution in [-0.4, -0.2) is 19.5 Å². The van der Waals surface area contributed by atoms with Crippen LogP contribution in [0.25, 0.3) is 0 Å². The maximum absolute atomic E-state index is 12.2. The standard InChI is InChI=1S/C16H22N2O/c1-17-11-16(7-8-16)15(19)18-10-12-5-6-13-3-2-4-14(13)9-12/h5-6,9,17H,2-4,7-8,10-11H2,1H3,(H,18,19). The first-order valence-corrected chi connectivity index (χ1v) is 7.27. The van der Waals surface area contributed by atoms with E-state index in [0.717, 1.165) is 19.4 Å². The first-order chi connectivity index (χ1) is 9.23. The smallest absolute Gasteiger partial charge is 0.227 e. The highest BCUT2D eigenvalue weighted by Gasteiger charge is 2.48. The first-order valence-electron chi connectivity index (χ1n) is 7.27. The van der Waals surface area contributed by atoms with Gasteiger partial charge in [0.15, 0.2) is 0 Å². The molecule has 1 saturated carbocycles. The molecule has 2 N–H and O–H groups in total. The SMILES string of the molecule is CNCC1(C(=O)NCc2ccc3c(c2)CCC3)CC1. The summed E-state index contributed by atoms with van der Waals surface area (Å²) in [7, 11) is 1.91. The molecule has 19 heavy (non-hydrogen) atoms. The van der Waals surface area contributed by atoms with Gasteiger partial charge in [0.1, 0.15) is 0 Å². The molecule has 3 nitrogen and oxygen atoms in total. The molecular formula is C16H22N2O. The molecule has 1 fully saturated rings. The van der Waals surface area contributed by atoms with E-state index in [1.165, 1.54) is 36.0 Å². The quantitative estimate of drug-likeness (QED) is 0.845. The van der Waals surface area contributed by atoms with E-state index in [9.17, 15) is 4.79 Å². The molecule has 0 radical (unpaired) electrons. The van der Waals surface area contributed by atoms with E-state index >= 15 is 0 Å². The van der Waals surface area contributed by atoms with Gasteiger partial charge in [0.2, 0.25) is 5.91 Å². The van der Waals surface area contributed by atoms with Gasteiger partial charge >= 0.3 is 0 Å². The van der Waals surface area contributed by atoms with E-state index in [2.05, 4.69) is 28.8 Å². The molecule has 0 aliphatic heterocycles. The van der Waals surface area contributed by atoms with Gasteiger partial charge in [-0.2, -0.15) is 0 Å². The lowest BCUT2D eigenvalue weighted by Gasteiger charge is -2.15. The summed E-state index contributed by atoms with van der Waals surface area (Å²) in [6.45, 7) is 1.46. The second kappa shape index (κ2) is 4.97. The van der Waals surface area contributed by atoms with Gasteiger partial charge in [-0.25, -0.2) is 0 Å². The highest BCUT2D eigenvalue weighted by Crippen LogP contribution is 2.45. The molecule has 0 unspecified atom stereocenters. The van der Waals surface area contributed by atoms with Crippen LogP contribution >= 0.6 is 0 Å². The van der Waals surface area contributed by atoms with Crippen LogP contribution < -0.4 is 10.6 Å². The molecule has 1 amide bonds. The van der Waals surface area contributed by atoms with Gasteiger partial charge < -0.3 is 10.6 Å². The number of carbonyl (C=O) groups excluding carboxylic acids is 1. The lowest BCUT2D eigenvalue weighted by molar-refractivity contribution is -0.126. The number of amides is 1. The van der Waals surface area contributed by atoms with Crippen molar-refractivity contribution in [1.29, 1.82) is 0 Å². The monoisotopic (exact) mass is 258 g/mol. The summed E-state index contributed by atoms with van der Waals surface area (Å²) in [6.07, 6.45) is 5.72. The first kappa shape index (κ1) is 12.7. The summed E-state index contributed by atoms with van der Waals surface area (Å²) in [6, 6.07) is 6.65. The van der Waals surface area contributed by atoms with Crippen molar-refractivity contribution < 1.29 is 4.79 Å². The summed E-state index contributed by atoms with van der Waals surface area (Å²) < 4.78 is 0. The highest BCUT2D eigenvalue weighted by molar-refractivity contribution is 5.85. The number of fused-ring (bicyclic) bond motifs is 1. The fourth-order valence-corrected chi connectivity index (χ4v) is 3.08. The molecule has 0 saturated heterocycles. The number of carbonyl (C=O) groups is 1. The molecule has 2 aliphatic rings. The van der Waals surface area contributed by atoms with E-state index < -0.39 is 0 Å². The molecule has 1 aromatic rings. The highest BCUT2D eigenvalue weighted by atomic mass is 16.2. The zero-order valence-electron chi connectivity index (χ0n) is 11.6. The molecule has 3 heteroatoms. The van der Waals surface area contributed by atoms with Gasteiger partial charge in [-0.3, -0.25) is 4.79 Å². The van der Waals surface area contributed by atoms with E-state index in [-0.39, 0.29) is 11.3 Å². The van der Waals surface area contributed by atoms with Crippen LogP contribution in [0.2, 0.25) is 0 Å². The minimum atomic E-state index is -0.120. The van der Waals surface area contributed by atoms with E-state index in [0.29, 0.717) is 6.54 Å². The average Bonchev–Trinajstić information content (AvgIpc) is 3.05. The molecule has 102 valence electrons. The molecule has 0 bridgehead atoms. The minimum Gasteiger partial charge on any atom is -0.352 e. The van der Waals surface area contributed by atoms with Crippen molar-refractivity contribution in [2.45, 2.75) is 38.6 Å². The normalized spacial score (nSPS) is 19.0. The van der Waals surface area contributed by atoms with Crippen molar-refractivity contribution >= 4 is 5.91 Å². The third kappa shape index (κ3) is 2.52. The molecular weight excluding hydrogens is 236 g/mol. The number of rotatable bonds is 5. The fraction of sp³-hybridized carbons (Fsp3) is 0.562. The Labute approximate surface area is 114 Å². The Balaban J connectivity index is 1.59. The number of nitrogens with one attached hydrogen (secondary N) is 2. The predicted molar refractivity (Wildman–Crippen MR) is 75.9 cm³/mol. The Kier molecular flexibility index (Phi) is 3.31. The van der Waals surface area contributed by atoms with Crippen LogP contribution in [0.15, 0.2) is 18.2 Å². The van der Waals surface area contributed by atoms with E-state index in [1.54, 1.807) is 0 Å². The molecule has 1 aromatic carbocycles. The lowest BCUT2D eigenvalue weighted by Crippen LogP contribution is -2.37. The molecule has 3 rings (SSSR count). The van der Waals surface area contributed by atoms with Gasteiger partial charge in [0, 0.05) is 13.1 Å². The maximum Gasteiger partial charge on any atom is 0.227 e. The van der Waals surface area contributed by atoms with Crippen molar-refractivity contribution in [2.75, 3.05) is 13.6 Å². The van der Waals surface area contributed by atoms with Crippen molar-refractivity contribution in [3.05, 3.63) is 34.9 Å². The van der Waals surface area contributed by atoms with Crippen molar-refractivity contribution in [2.24, 2.45) is 5.41 Å². The van der Waals surface area contributed by atoms with Crippen molar-refractivity contribution in [3.63, 3.8) is 0 Å².